The maximum absolute atomic E-state index is 11.9. The van der Waals surface area contributed by atoms with Crippen LogP contribution in [0.3, 0.4) is 0 Å². The standard InChI is InChI=1S/C22H28N4O2/c1-23-22(25-15-18-9-5-6-11-20(18)28-2)24-14-17-8-3-4-10-19(17)16-26-13-7-12-21(26)27/h3-6,8-11H,7,12-16H2,1-2H3,(H2,23,24,25). The van der Waals surface area contributed by atoms with Crippen LogP contribution in [0.5, 0.6) is 5.75 Å². The summed E-state index contributed by atoms with van der Waals surface area (Å²) < 4.78 is 5.40. The van der Waals surface area contributed by atoms with Gasteiger partial charge < -0.3 is 20.3 Å². The molecular weight excluding hydrogens is 352 g/mol. The zero-order chi connectivity index (χ0) is 19.8. The minimum atomic E-state index is 0.247. The number of rotatable bonds is 7. The topological polar surface area (TPSA) is 66.0 Å². The second-order valence-electron chi connectivity index (χ2n) is 6.78. The lowest BCUT2D eigenvalue weighted by atomic mass is 10.1. The fourth-order valence-corrected chi connectivity index (χ4v) is 3.39. The highest BCUT2D eigenvalue weighted by atomic mass is 16.5. The van der Waals surface area contributed by atoms with E-state index in [9.17, 15) is 4.79 Å². The Hall–Kier alpha value is -3.02. The van der Waals surface area contributed by atoms with Gasteiger partial charge in [0.2, 0.25) is 5.91 Å². The van der Waals surface area contributed by atoms with E-state index < -0.39 is 0 Å². The number of hydrogen-bond acceptors (Lipinski definition) is 3. The van der Waals surface area contributed by atoms with Gasteiger partial charge in [-0.25, -0.2) is 0 Å². The normalized spacial score (nSPS) is 14.3. The Kier molecular flexibility index (Phi) is 6.89. The predicted octanol–water partition coefficient (Wildman–Crippen LogP) is 2.68. The average Bonchev–Trinajstić information content (AvgIpc) is 3.14. The van der Waals surface area contributed by atoms with Crippen molar-refractivity contribution in [2.24, 2.45) is 4.99 Å². The highest BCUT2D eigenvalue weighted by Crippen LogP contribution is 2.18. The summed E-state index contributed by atoms with van der Waals surface area (Å²) in [6.45, 7) is 2.78. The fourth-order valence-electron chi connectivity index (χ4n) is 3.39. The Morgan fingerprint density at radius 1 is 1.04 bits per heavy atom. The van der Waals surface area contributed by atoms with Crippen LogP contribution < -0.4 is 15.4 Å². The summed E-state index contributed by atoms with van der Waals surface area (Å²) >= 11 is 0. The third-order valence-electron chi connectivity index (χ3n) is 4.96. The lowest BCUT2D eigenvalue weighted by Gasteiger charge is -2.19. The maximum Gasteiger partial charge on any atom is 0.222 e. The van der Waals surface area contributed by atoms with Crippen LogP contribution in [-0.4, -0.2) is 37.5 Å². The third-order valence-corrected chi connectivity index (χ3v) is 4.96. The molecule has 2 N–H and O–H groups in total. The van der Waals surface area contributed by atoms with Gasteiger partial charge in [-0.15, -0.1) is 0 Å². The molecule has 0 spiro atoms. The van der Waals surface area contributed by atoms with Crippen molar-refractivity contribution >= 4 is 11.9 Å². The molecule has 6 nitrogen and oxygen atoms in total. The number of nitrogens with zero attached hydrogens (tertiary/aromatic N) is 2. The van der Waals surface area contributed by atoms with Gasteiger partial charge in [0, 0.05) is 45.2 Å². The molecule has 1 heterocycles. The molecule has 0 bridgehead atoms. The van der Waals surface area contributed by atoms with Gasteiger partial charge in [-0.1, -0.05) is 42.5 Å². The lowest BCUT2D eigenvalue weighted by molar-refractivity contribution is -0.128. The van der Waals surface area contributed by atoms with E-state index in [0.29, 0.717) is 26.1 Å². The quantitative estimate of drug-likeness (QED) is 0.573. The Morgan fingerprint density at radius 3 is 2.32 bits per heavy atom. The molecule has 28 heavy (non-hydrogen) atoms. The Bertz CT molecular complexity index is 835. The number of carbonyl (C=O) groups excluding carboxylic acids is 1. The van der Waals surface area contributed by atoms with Gasteiger partial charge in [0.15, 0.2) is 5.96 Å². The molecule has 0 aromatic heterocycles. The first kappa shape index (κ1) is 19.7. The second kappa shape index (κ2) is 9.78. The summed E-state index contributed by atoms with van der Waals surface area (Å²) in [6.07, 6.45) is 1.62. The van der Waals surface area contributed by atoms with Gasteiger partial charge in [0.1, 0.15) is 5.75 Å². The SMILES string of the molecule is CN=C(NCc1ccccc1CN1CCCC1=O)NCc1ccccc1OC. The number of amides is 1. The second-order valence-corrected chi connectivity index (χ2v) is 6.78. The average molecular weight is 380 g/mol. The molecule has 1 saturated heterocycles. The van der Waals surface area contributed by atoms with E-state index in [1.54, 1.807) is 14.2 Å². The molecule has 0 radical (unpaired) electrons. The summed E-state index contributed by atoms with van der Waals surface area (Å²) in [7, 11) is 3.43. The Morgan fingerprint density at radius 2 is 1.68 bits per heavy atom. The van der Waals surface area contributed by atoms with Crippen LogP contribution in [0.4, 0.5) is 0 Å². The number of nitrogens with one attached hydrogen (secondary N) is 2. The predicted molar refractivity (Wildman–Crippen MR) is 111 cm³/mol. The molecule has 1 aliphatic heterocycles. The maximum atomic E-state index is 11.9. The monoisotopic (exact) mass is 380 g/mol. The first-order chi connectivity index (χ1) is 13.7. The van der Waals surface area contributed by atoms with Crippen LogP contribution in [0.15, 0.2) is 53.5 Å². The minimum absolute atomic E-state index is 0.247. The minimum Gasteiger partial charge on any atom is -0.496 e. The number of methoxy groups -OCH3 is 1. The van der Waals surface area contributed by atoms with Crippen molar-refractivity contribution in [2.75, 3.05) is 20.7 Å². The number of carbonyl (C=O) groups is 1. The van der Waals surface area contributed by atoms with E-state index >= 15 is 0 Å². The summed E-state index contributed by atoms with van der Waals surface area (Å²) in [5, 5.41) is 6.69. The van der Waals surface area contributed by atoms with Crippen LogP contribution in [0.2, 0.25) is 0 Å². The molecule has 0 unspecified atom stereocenters. The van der Waals surface area contributed by atoms with Crippen LogP contribution >= 0.6 is 0 Å². The molecule has 6 heteroatoms. The van der Waals surface area contributed by atoms with E-state index in [1.807, 2.05) is 41.3 Å². The van der Waals surface area contributed by atoms with Gasteiger partial charge >= 0.3 is 0 Å². The molecule has 0 saturated carbocycles. The number of hydrogen-bond donors (Lipinski definition) is 2. The number of benzene rings is 2. The van der Waals surface area contributed by atoms with Crippen LogP contribution in [0, 0.1) is 0 Å². The Labute approximate surface area is 166 Å². The van der Waals surface area contributed by atoms with Crippen molar-refractivity contribution in [2.45, 2.75) is 32.5 Å². The van der Waals surface area contributed by atoms with Crippen LogP contribution in [0.1, 0.15) is 29.5 Å². The highest BCUT2D eigenvalue weighted by molar-refractivity contribution is 5.80. The molecule has 1 amide bonds. The van der Waals surface area contributed by atoms with Gasteiger partial charge in [0.25, 0.3) is 0 Å². The van der Waals surface area contributed by atoms with Gasteiger partial charge in [-0.05, 0) is 23.6 Å². The zero-order valence-electron chi connectivity index (χ0n) is 16.6. The van der Waals surface area contributed by atoms with Crippen molar-refractivity contribution in [3.63, 3.8) is 0 Å². The van der Waals surface area contributed by atoms with Crippen molar-refractivity contribution in [1.29, 1.82) is 0 Å². The third kappa shape index (κ3) is 5.03. The molecule has 148 valence electrons. The molecule has 0 atom stereocenters. The number of guanidine groups is 1. The first-order valence-corrected chi connectivity index (χ1v) is 9.62. The highest BCUT2D eigenvalue weighted by Gasteiger charge is 2.20. The Balaban J connectivity index is 1.58. The zero-order valence-corrected chi connectivity index (χ0v) is 16.6. The number of ether oxygens (including phenoxy) is 1. The van der Waals surface area contributed by atoms with E-state index in [2.05, 4.69) is 27.8 Å². The van der Waals surface area contributed by atoms with Crippen LogP contribution in [-0.2, 0) is 24.4 Å². The molecule has 1 aliphatic rings. The molecule has 2 aromatic carbocycles. The van der Waals surface area contributed by atoms with E-state index in [0.717, 1.165) is 30.2 Å². The van der Waals surface area contributed by atoms with Crippen LogP contribution in [0.25, 0.3) is 0 Å². The van der Waals surface area contributed by atoms with E-state index in [4.69, 9.17) is 4.74 Å². The molecule has 3 rings (SSSR count). The molecule has 0 aliphatic carbocycles. The first-order valence-electron chi connectivity index (χ1n) is 9.62. The largest absolute Gasteiger partial charge is 0.496 e. The van der Waals surface area contributed by atoms with Crippen molar-refractivity contribution < 1.29 is 9.53 Å². The van der Waals surface area contributed by atoms with E-state index in [1.165, 1.54) is 11.1 Å². The molecular formula is C22H28N4O2. The summed E-state index contributed by atoms with van der Waals surface area (Å²) in [4.78, 5) is 18.2. The molecule has 1 fully saturated rings. The van der Waals surface area contributed by atoms with Gasteiger partial charge in [0.05, 0.1) is 7.11 Å². The summed E-state index contributed by atoms with van der Waals surface area (Å²) in [5.74, 6) is 1.82. The number of para-hydroxylation sites is 1. The lowest BCUT2D eigenvalue weighted by Crippen LogP contribution is -2.36. The van der Waals surface area contributed by atoms with Crippen molar-refractivity contribution in [1.82, 2.24) is 15.5 Å². The summed E-state index contributed by atoms with van der Waals surface area (Å²) in [6, 6.07) is 16.2. The van der Waals surface area contributed by atoms with Crippen molar-refractivity contribution in [3.05, 3.63) is 65.2 Å². The fraction of sp³-hybridized carbons (Fsp3) is 0.364. The van der Waals surface area contributed by atoms with Gasteiger partial charge in [-0.2, -0.15) is 0 Å². The van der Waals surface area contributed by atoms with Gasteiger partial charge in [-0.3, -0.25) is 9.79 Å². The molecule has 2 aromatic rings. The van der Waals surface area contributed by atoms with Crippen molar-refractivity contribution in [3.8, 4) is 5.75 Å². The number of likely N-dealkylation sites (tertiary alicyclic amines) is 1. The summed E-state index contributed by atoms with van der Waals surface area (Å²) in [5.41, 5.74) is 3.41. The number of aliphatic imine (C=N–C) groups is 1. The van der Waals surface area contributed by atoms with E-state index in [-0.39, 0.29) is 5.91 Å². The smallest absolute Gasteiger partial charge is 0.222 e.